The second kappa shape index (κ2) is 5.44. The van der Waals surface area contributed by atoms with Gasteiger partial charge in [0.25, 0.3) is 0 Å². The second-order valence-corrected chi connectivity index (χ2v) is 6.71. The summed E-state index contributed by atoms with van der Waals surface area (Å²) in [5.74, 6) is -0.653. The molecule has 0 aromatic carbocycles. The Labute approximate surface area is 129 Å². The molecule has 0 aromatic rings. The second-order valence-electron chi connectivity index (χ2n) is 6.71. The lowest BCUT2D eigenvalue weighted by Crippen LogP contribution is -2.46. The Hall–Kier alpha value is -1.79. The smallest absolute Gasteiger partial charge is 0.317 e. The summed E-state index contributed by atoms with van der Waals surface area (Å²) in [6.45, 7) is 3.91. The fourth-order valence-corrected chi connectivity index (χ4v) is 4.23. The molecule has 3 amide bonds. The molecule has 3 fully saturated rings. The van der Waals surface area contributed by atoms with Crippen LogP contribution in [0, 0.1) is 11.3 Å². The van der Waals surface area contributed by atoms with Crippen molar-refractivity contribution in [2.45, 2.75) is 38.6 Å². The molecule has 1 aliphatic carbocycles. The summed E-state index contributed by atoms with van der Waals surface area (Å²) in [5.41, 5.74) is -0.752. The minimum Gasteiger partial charge on any atom is -0.481 e. The molecule has 1 unspecified atom stereocenters. The third kappa shape index (κ3) is 2.32. The van der Waals surface area contributed by atoms with Gasteiger partial charge in [-0.1, -0.05) is 6.42 Å². The average molecular weight is 309 g/mol. The molecule has 22 heavy (non-hydrogen) atoms. The Morgan fingerprint density at radius 3 is 2.77 bits per heavy atom. The molecule has 0 spiro atoms. The Bertz CT molecular complexity index is 509. The predicted molar refractivity (Wildman–Crippen MR) is 78.2 cm³/mol. The Kier molecular flexibility index (Phi) is 3.74. The molecular formula is C15H23N3O4. The first-order valence-electron chi connectivity index (χ1n) is 8.03. The van der Waals surface area contributed by atoms with Gasteiger partial charge in [-0.15, -0.1) is 0 Å². The largest absolute Gasteiger partial charge is 0.481 e. The number of carboxylic acids is 1. The van der Waals surface area contributed by atoms with E-state index >= 15 is 0 Å². The van der Waals surface area contributed by atoms with Crippen LogP contribution in [0.1, 0.15) is 32.6 Å². The number of urea groups is 1. The Morgan fingerprint density at radius 1 is 1.41 bits per heavy atom. The lowest BCUT2D eigenvalue weighted by Gasteiger charge is -2.24. The van der Waals surface area contributed by atoms with E-state index in [1.54, 1.807) is 9.80 Å². The van der Waals surface area contributed by atoms with E-state index in [1.165, 1.54) is 0 Å². The maximum Gasteiger partial charge on any atom is 0.317 e. The number of hydrogen-bond donors (Lipinski definition) is 2. The molecule has 7 nitrogen and oxygen atoms in total. The van der Waals surface area contributed by atoms with Crippen LogP contribution in [-0.4, -0.2) is 65.0 Å². The zero-order valence-electron chi connectivity index (χ0n) is 12.9. The van der Waals surface area contributed by atoms with Gasteiger partial charge < -0.3 is 20.2 Å². The Balaban J connectivity index is 1.61. The lowest BCUT2D eigenvalue weighted by atomic mass is 9.81. The predicted octanol–water partition coefficient (Wildman–Crippen LogP) is 0.503. The molecule has 3 aliphatic rings. The first-order chi connectivity index (χ1) is 10.5. The number of rotatable bonds is 3. The summed E-state index contributed by atoms with van der Waals surface area (Å²) in [6.07, 6.45) is 2.79. The number of likely N-dealkylation sites (tertiary alicyclic amines) is 2. The molecule has 1 saturated carbocycles. The molecule has 122 valence electrons. The third-order valence-corrected chi connectivity index (χ3v) is 5.51. The fraction of sp³-hybridized carbons (Fsp3) is 0.800. The summed E-state index contributed by atoms with van der Waals surface area (Å²) in [5, 5.41) is 12.4. The average Bonchev–Trinajstić information content (AvgIpc) is 3.10. The monoisotopic (exact) mass is 309 g/mol. The van der Waals surface area contributed by atoms with Gasteiger partial charge in [-0.3, -0.25) is 9.59 Å². The van der Waals surface area contributed by atoms with Crippen molar-refractivity contribution in [1.82, 2.24) is 15.1 Å². The van der Waals surface area contributed by atoms with Gasteiger partial charge in [0.15, 0.2) is 0 Å². The number of fused-ring (bicyclic) bond motifs is 1. The number of nitrogens with one attached hydrogen (secondary N) is 1. The van der Waals surface area contributed by atoms with Crippen LogP contribution in [0.25, 0.3) is 0 Å². The minimum atomic E-state index is -0.779. The highest BCUT2D eigenvalue weighted by Crippen LogP contribution is 2.48. The Morgan fingerprint density at radius 2 is 2.18 bits per heavy atom. The maximum atomic E-state index is 12.4. The number of amides is 3. The molecule has 3 atom stereocenters. The molecule has 2 saturated heterocycles. The highest BCUT2D eigenvalue weighted by molar-refractivity contribution is 5.83. The van der Waals surface area contributed by atoms with Crippen molar-refractivity contribution in [2.75, 3.05) is 26.2 Å². The number of carbonyl (C=O) groups is 3. The minimum absolute atomic E-state index is 0.0631. The summed E-state index contributed by atoms with van der Waals surface area (Å²) in [6, 6.07) is -0.396. The van der Waals surface area contributed by atoms with Crippen molar-refractivity contribution < 1.29 is 19.5 Å². The van der Waals surface area contributed by atoms with Gasteiger partial charge in [0, 0.05) is 32.6 Å². The van der Waals surface area contributed by atoms with Gasteiger partial charge in [0.1, 0.15) is 0 Å². The van der Waals surface area contributed by atoms with Crippen LogP contribution in [0.3, 0.4) is 0 Å². The first-order valence-corrected chi connectivity index (χ1v) is 8.03. The van der Waals surface area contributed by atoms with Gasteiger partial charge in [0.2, 0.25) is 5.91 Å². The van der Waals surface area contributed by atoms with Crippen LogP contribution in [0.4, 0.5) is 4.79 Å². The van der Waals surface area contributed by atoms with E-state index < -0.39 is 11.4 Å². The number of aliphatic carboxylic acids is 1. The molecule has 0 aromatic heterocycles. The summed E-state index contributed by atoms with van der Waals surface area (Å²) in [4.78, 5) is 39.1. The zero-order chi connectivity index (χ0) is 15.9. The molecule has 0 bridgehead atoms. The third-order valence-electron chi connectivity index (χ3n) is 5.51. The lowest BCUT2D eigenvalue weighted by molar-refractivity contribution is -0.149. The summed E-state index contributed by atoms with van der Waals surface area (Å²) in [7, 11) is 0. The van der Waals surface area contributed by atoms with Crippen LogP contribution < -0.4 is 5.32 Å². The van der Waals surface area contributed by atoms with Crippen LogP contribution in [0.2, 0.25) is 0 Å². The van der Waals surface area contributed by atoms with Crippen molar-refractivity contribution >= 4 is 17.9 Å². The summed E-state index contributed by atoms with van der Waals surface area (Å²) >= 11 is 0. The molecule has 7 heteroatoms. The van der Waals surface area contributed by atoms with Crippen molar-refractivity contribution in [3.8, 4) is 0 Å². The molecule has 2 aliphatic heterocycles. The number of carboxylic acid groups (broad SMARTS) is 1. The number of nitrogens with zero attached hydrogens (tertiary/aromatic N) is 2. The van der Waals surface area contributed by atoms with E-state index in [2.05, 4.69) is 5.32 Å². The van der Waals surface area contributed by atoms with Crippen LogP contribution in [0.15, 0.2) is 0 Å². The highest BCUT2D eigenvalue weighted by Gasteiger charge is 2.56. The SMILES string of the molecule is CCN1CC(NC(=O)N2C[C@@H]3CCC[C@@]3(C(=O)O)C2)CC1=O. The van der Waals surface area contributed by atoms with Gasteiger partial charge >= 0.3 is 12.0 Å². The number of likely N-dealkylation sites (N-methyl/N-ethyl adjacent to an activating group) is 1. The van der Waals surface area contributed by atoms with Crippen molar-refractivity contribution in [3.05, 3.63) is 0 Å². The van der Waals surface area contributed by atoms with Gasteiger partial charge in [-0.25, -0.2) is 4.79 Å². The topological polar surface area (TPSA) is 90.0 Å². The molecular weight excluding hydrogens is 286 g/mol. The summed E-state index contributed by atoms with van der Waals surface area (Å²) < 4.78 is 0. The molecule has 0 radical (unpaired) electrons. The van der Waals surface area contributed by atoms with Crippen molar-refractivity contribution in [3.63, 3.8) is 0 Å². The van der Waals surface area contributed by atoms with Crippen molar-refractivity contribution in [1.29, 1.82) is 0 Å². The number of hydrogen-bond acceptors (Lipinski definition) is 3. The van der Waals surface area contributed by atoms with E-state index in [9.17, 15) is 19.5 Å². The standard InChI is InChI=1S/C15H23N3O4/c1-2-17-8-11(6-12(17)19)16-14(22)18-7-10-4-3-5-15(10,9-18)13(20)21/h10-11H,2-9H2,1H3,(H,16,22)(H,20,21)/t10-,11?,15+/m0/s1. The van der Waals surface area contributed by atoms with Gasteiger partial charge in [-0.2, -0.15) is 0 Å². The van der Waals surface area contributed by atoms with E-state index in [0.717, 1.165) is 12.8 Å². The maximum absolute atomic E-state index is 12.4. The molecule has 2 N–H and O–H groups in total. The molecule has 3 rings (SSSR count). The van der Waals surface area contributed by atoms with Gasteiger partial charge in [0.05, 0.1) is 11.5 Å². The van der Waals surface area contributed by atoms with E-state index in [4.69, 9.17) is 0 Å². The fourth-order valence-electron chi connectivity index (χ4n) is 4.23. The number of carbonyl (C=O) groups excluding carboxylic acids is 2. The highest BCUT2D eigenvalue weighted by atomic mass is 16.4. The van der Waals surface area contributed by atoms with E-state index in [0.29, 0.717) is 32.5 Å². The first kappa shape index (κ1) is 15.1. The van der Waals surface area contributed by atoms with E-state index in [1.807, 2.05) is 6.92 Å². The van der Waals surface area contributed by atoms with Crippen LogP contribution in [0.5, 0.6) is 0 Å². The molecule has 2 heterocycles. The van der Waals surface area contributed by atoms with Crippen LogP contribution >= 0.6 is 0 Å². The van der Waals surface area contributed by atoms with Gasteiger partial charge in [-0.05, 0) is 25.7 Å². The van der Waals surface area contributed by atoms with Crippen molar-refractivity contribution in [2.24, 2.45) is 11.3 Å². The quantitative estimate of drug-likeness (QED) is 0.794. The van der Waals surface area contributed by atoms with Crippen LogP contribution in [-0.2, 0) is 9.59 Å². The normalized spacial score (nSPS) is 34.1. The zero-order valence-corrected chi connectivity index (χ0v) is 12.9. The van der Waals surface area contributed by atoms with E-state index in [-0.39, 0.29) is 30.4 Å².